The average molecular weight is 484 g/mol. The van der Waals surface area contributed by atoms with Gasteiger partial charge in [0.2, 0.25) is 10.0 Å². The molecule has 156 valence electrons. The van der Waals surface area contributed by atoms with Crippen LogP contribution >= 0.6 is 15.9 Å². The number of carbonyl (C=O) groups excluding carboxylic acids is 1. The van der Waals surface area contributed by atoms with Gasteiger partial charge in [-0.3, -0.25) is 4.79 Å². The summed E-state index contributed by atoms with van der Waals surface area (Å²) in [5.41, 5.74) is 1.12. The number of hydrogen-bond acceptors (Lipinski definition) is 4. The topological polar surface area (TPSA) is 69.7 Å². The minimum Gasteiger partial charge on any atom is -0.376 e. The molecular formula is C20H23BrFN3O3S. The quantitative estimate of drug-likeness (QED) is 0.695. The van der Waals surface area contributed by atoms with Gasteiger partial charge < -0.3 is 10.2 Å². The fourth-order valence-corrected chi connectivity index (χ4v) is 5.31. The third-order valence-corrected chi connectivity index (χ3v) is 7.13. The molecule has 1 fully saturated rings. The first-order valence-electron chi connectivity index (χ1n) is 9.27. The predicted octanol–water partition coefficient (Wildman–Crippen LogP) is 4.08. The molecule has 1 saturated heterocycles. The number of amides is 1. The van der Waals surface area contributed by atoms with E-state index in [1.54, 1.807) is 31.1 Å². The van der Waals surface area contributed by atoms with Crippen LogP contribution in [0.2, 0.25) is 0 Å². The summed E-state index contributed by atoms with van der Waals surface area (Å²) >= 11 is 3.17. The Kier molecular flexibility index (Phi) is 6.60. The van der Waals surface area contributed by atoms with E-state index in [1.807, 2.05) is 0 Å². The number of hydrogen-bond donors (Lipinski definition) is 1. The van der Waals surface area contributed by atoms with Gasteiger partial charge in [-0.15, -0.1) is 0 Å². The van der Waals surface area contributed by atoms with Gasteiger partial charge in [-0.2, -0.15) is 4.31 Å². The molecule has 1 heterocycles. The minimum atomic E-state index is -3.64. The summed E-state index contributed by atoms with van der Waals surface area (Å²) < 4.78 is 41.6. The Labute approximate surface area is 178 Å². The Morgan fingerprint density at radius 3 is 2.41 bits per heavy atom. The predicted molar refractivity (Wildman–Crippen MR) is 115 cm³/mol. The lowest BCUT2D eigenvalue weighted by Gasteiger charge is -2.26. The van der Waals surface area contributed by atoms with E-state index in [0.717, 1.165) is 25.3 Å². The standard InChI is InChI=1S/C20H23BrFN3O3S/c1-24(2)19-7-6-17(29(27,28)25-8-4-3-5-9-25)13-18(19)23-20(26)14-10-15(21)12-16(22)11-14/h6-7,10-13H,3-5,8-9H2,1-2H3,(H,23,26). The number of carbonyl (C=O) groups is 1. The van der Waals surface area contributed by atoms with Gasteiger partial charge in [-0.1, -0.05) is 22.4 Å². The van der Waals surface area contributed by atoms with Crippen LogP contribution in [0.25, 0.3) is 0 Å². The van der Waals surface area contributed by atoms with E-state index in [4.69, 9.17) is 0 Å². The molecule has 0 spiro atoms. The number of anilines is 2. The highest BCUT2D eigenvalue weighted by molar-refractivity contribution is 9.10. The monoisotopic (exact) mass is 483 g/mol. The van der Waals surface area contributed by atoms with Crippen molar-refractivity contribution in [2.75, 3.05) is 37.4 Å². The van der Waals surface area contributed by atoms with Crippen molar-refractivity contribution in [2.45, 2.75) is 24.2 Å². The zero-order chi connectivity index (χ0) is 21.2. The van der Waals surface area contributed by atoms with E-state index < -0.39 is 21.7 Å². The van der Waals surface area contributed by atoms with Gasteiger partial charge in [0.1, 0.15) is 5.82 Å². The molecule has 2 aromatic rings. The SMILES string of the molecule is CN(C)c1ccc(S(=O)(=O)N2CCCCC2)cc1NC(=O)c1cc(F)cc(Br)c1. The zero-order valence-corrected chi connectivity index (χ0v) is 18.7. The minimum absolute atomic E-state index is 0.126. The molecule has 9 heteroatoms. The van der Waals surface area contributed by atoms with Crippen molar-refractivity contribution < 1.29 is 17.6 Å². The van der Waals surface area contributed by atoms with Crippen LogP contribution in [0, 0.1) is 5.82 Å². The lowest BCUT2D eigenvalue weighted by Crippen LogP contribution is -2.35. The van der Waals surface area contributed by atoms with Crippen molar-refractivity contribution in [3.8, 4) is 0 Å². The highest BCUT2D eigenvalue weighted by atomic mass is 79.9. The van der Waals surface area contributed by atoms with Crippen LogP contribution in [0.4, 0.5) is 15.8 Å². The van der Waals surface area contributed by atoms with Crippen LogP contribution in [0.15, 0.2) is 45.8 Å². The fraction of sp³-hybridized carbons (Fsp3) is 0.350. The molecule has 0 aliphatic carbocycles. The molecule has 0 unspecified atom stereocenters. The van der Waals surface area contributed by atoms with Crippen LogP contribution in [0.1, 0.15) is 29.6 Å². The molecule has 1 N–H and O–H groups in total. The Morgan fingerprint density at radius 2 is 1.79 bits per heavy atom. The lowest BCUT2D eigenvalue weighted by molar-refractivity contribution is 0.102. The molecule has 6 nitrogen and oxygen atoms in total. The Balaban J connectivity index is 1.96. The second-order valence-corrected chi connectivity index (χ2v) is 10.0. The van der Waals surface area contributed by atoms with Gasteiger partial charge in [0.05, 0.1) is 16.3 Å². The van der Waals surface area contributed by atoms with Gasteiger partial charge in [-0.25, -0.2) is 12.8 Å². The molecule has 29 heavy (non-hydrogen) atoms. The number of benzene rings is 2. The van der Waals surface area contributed by atoms with Crippen molar-refractivity contribution >= 4 is 43.2 Å². The largest absolute Gasteiger partial charge is 0.376 e. The maximum Gasteiger partial charge on any atom is 0.255 e. The smallest absolute Gasteiger partial charge is 0.255 e. The van der Waals surface area contributed by atoms with Crippen LogP contribution in [-0.4, -0.2) is 45.8 Å². The van der Waals surface area contributed by atoms with Gasteiger partial charge in [0.25, 0.3) is 5.91 Å². The van der Waals surface area contributed by atoms with E-state index in [1.165, 1.54) is 22.5 Å². The molecule has 1 aliphatic rings. The van der Waals surface area contributed by atoms with Crippen LogP contribution < -0.4 is 10.2 Å². The number of rotatable bonds is 5. The van der Waals surface area contributed by atoms with E-state index in [0.29, 0.717) is 28.9 Å². The second kappa shape index (κ2) is 8.81. The highest BCUT2D eigenvalue weighted by Gasteiger charge is 2.27. The molecule has 0 atom stereocenters. The zero-order valence-electron chi connectivity index (χ0n) is 16.3. The van der Waals surface area contributed by atoms with Crippen LogP contribution in [0.3, 0.4) is 0 Å². The number of piperidine rings is 1. The number of halogens is 2. The Morgan fingerprint density at radius 1 is 1.10 bits per heavy atom. The van der Waals surface area contributed by atoms with Crippen molar-refractivity contribution in [3.63, 3.8) is 0 Å². The molecule has 0 bridgehead atoms. The van der Waals surface area contributed by atoms with E-state index in [-0.39, 0.29) is 10.5 Å². The maximum absolute atomic E-state index is 13.7. The molecule has 0 aromatic heterocycles. The molecule has 1 aliphatic heterocycles. The van der Waals surface area contributed by atoms with Gasteiger partial charge in [0, 0.05) is 37.2 Å². The Hall–Kier alpha value is -1.97. The van der Waals surface area contributed by atoms with E-state index in [9.17, 15) is 17.6 Å². The molecule has 2 aromatic carbocycles. The van der Waals surface area contributed by atoms with Gasteiger partial charge in [-0.05, 0) is 49.2 Å². The molecular weight excluding hydrogens is 461 g/mol. The van der Waals surface area contributed by atoms with E-state index in [2.05, 4.69) is 21.2 Å². The second-order valence-electron chi connectivity index (χ2n) is 7.15. The first-order chi connectivity index (χ1) is 13.7. The van der Waals surface area contributed by atoms with Crippen molar-refractivity contribution in [1.29, 1.82) is 0 Å². The van der Waals surface area contributed by atoms with Crippen molar-refractivity contribution in [1.82, 2.24) is 4.31 Å². The fourth-order valence-electron chi connectivity index (χ4n) is 3.30. The molecule has 0 radical (unpaired) electrons. The van der Waals surface area contributed by atoms with Crippen molar-refractivity contribution in [3.05, 3.63) is 52.3 Å². The first-order valence-corrected chi connectivity index (χ1v) is 11.5. The van der Waals surface area contributed by atoms with Crippen LogP contribution in [0.5, 0.6) is 0 Å². The molecule has 3 rings (SSSR count). The lowest BCUT2D eigenvalue weighted by atomic mass is 10.2. The highest BCUT2D eigenvalue weighted by Crippen LogP contribution is 2.30. The number of nitrogens with one attached hydrogen (secondary N) is 1. The van der Waals surface area contributed by atoms with Gasteiger partial charge >= 0.3 is 0 Å². The summed E-state index contributed by atoms with van der Waals surface area (Å²) in [6, 6.07) is 8.56. The summed E-state index contributed by atoms with van der Waals surface area (Å²) in [5, 5.41) is 2.73. The maximum atomic E-state index is 13.7. The van der Waals surface area contributed by atoms with E-state index >= 15 is 0 Å². The third kappa shape index (κ3) is 4.96. The summed E-state index contributed by atoms with van der Waals surface area (Å²) in [6.07, 6.45) is 2.70. The van der Waals surface area contributed by atoms with Crippen molar-refractivity contribution in [2.24, 2.45) is 0 Å². The van der Waals surface area contributed by atoms with Gasteiger partial charge in [0.15, 0.2) is 0 Å². The number of nitrogens with zero attached hydrogens (tertiary/aromatic N) is 2. The summed E-state index contributed by atoms with van der Waals surface area (Å²) in [5.74, 6) is -1.07. The molecule has 1 amide bonds. The summed E-state index contributed by atoms with van der Waals surface area (Å²) in [4.78, 5) is 14.6. The molecule has 0 saturated carbocycles. The average Bonchev–Trinajstić information content (AvgIpc) is 2.67. The summed E-state index contributed by atoms with van der Waals surface area (Å²) in [6.45, 7) is 0.994. The number of sulfonamides is 1. The van der Waals surface area contributed by atoms with Crippen LogP contribution in [-0.2, 0) is 10.0 Å². The Bertz CT molecular complexity index is 1000. The normalized spacial score (nSPS) is 15.2. The summed E-state index contributed by atoms with van der Waals surface area (Å²) in [7, 11) is -0.0564. The first kappa shape index (κ1) is 21.7. The third-order valence-electron chi connectivity index (χ3n) is 4.78.